The molecule has 0 heterocycles. The second-order valence-corrected chi connectivity index (χ2v) is 10.4. The van der Waals surface area contributed by atoms with Crippen molar-refractivity contribution in [2.24, 2.45) is 0 Å². The number of carboxylic acid groups (broad SMARTS) is 1. The highest BCUT2D eigenvalue weighted by molar-refractivity contribution is 6.02. The molecule has 5 N–H and O–H groups in total. The molecule has 3 rings (SSSR count). The summed E-state index contributed by atoms with van der Waals surface area (Å²) in [6, 6.07) is 10.4. The van der Waals surface area contributed by atoms with Gasteiger partial charge in [-0.3, -0.25) is 4.79 Å². The van der Waals surface area contributed by atoms with E-state index in [1.54, 1.807) is 18.2 Å². The number of ether oxygens (including phenoxy) is 1. The van der Waals surface area contributed by atoms with Crippen LogP contribution in [-0.2, 0) is 12.8 Å². The summed E-state index contributed by atoms with van der Waals surface area (Å²) >= 11 is 0. The van der Waals surface area contributed by atoms with Gasteiger partial charge in [0.25, 0.3) is 0 Å². The second kappa shape index (κ2) is 13.1. The van der Waals surface area contributed by atoms with Crippen molar-refractivity contribution in [3.05, 3.63) is 99.1 Å². The van der Waals surface area contributed by atoms with Crippen molar-refractivity contribution in [1.82, 2.24) is 0 Å². The summed E-state index contributed by atoms with van der Waals surface area (Å²) in [5.74, 6) is -3.63. The number of hydrogen-bond donors (Lipinski definition) is 5. The minimum absolute atomic E-state index is 0.0441. The fraction of sp³-hybridized carbons (Fsp3) is 0.273. The first-order chi connectivity index (χ1) is 19.3. The van der Waals surface area contributed by atoms with Crippen LogP contribution in [0.3, 0.4) is 0 Å². The number of aryl methyl sites for hydroxylation is 1. The highest BCUT2D eigenvalue weighted by Crippen LogP contribution is 2.48. The summed E-state index contributed by atoms with van der Waals surface area (Å²) in [5.41, 5.74) is 2.89. The molecule has 3 aromatic rings. The Bertz CT molecular complexity index is 1510. The minimum Gasteiger partial charge on any atom is -0.508 e. The maximum absolute atomic E-state index is 13.3. The van der Waals surface area contributed by atoms with Crippen LogP contribution in [0.25, 0.3) is 0 Å². The molecule has 0 bridgehead atoms. The lowest BCUT2D eigenvalue weighted by Crippen LogP contribution is -2.10. The van der Waals surface area contributed by atoms with E-state index in [1.807, 2.05) is 33.8 Å². The van der Waals surface area contributed by atoms with E-state index >= 15 is 0 Å². The van der Waals surface area contributed by atoms with Crippen LogP contribution in [0.2, 0.25) is 0 Å². The molecule has 8 nitrogen and oxygen atoms in total. The number of ketones is 1. The van der Waals surface area contributed by atoms with Gasteiger partial charge in [-0.05, 0) is 75.9 Å². The minimum atomic E-state index is -1.19. The zero-order valence-electron chi connectivity index (χ0n) is 23.9. The predicted molar refractivity (Wildman–Crippen MR) is 157 cm³/mol. The number of carbonyl (C=O) groups excluding carboxylic acids is 1. The van der Waals surface area contributed by atoms with Gasteiger partial charge < -0.3 is 30.3 Å². The zero-order chi connectivity index (χ0) is 30.4. The molecule has 0 spiro atoms. The van der Waals surface area contributed by atoms with E-state index in [4.69, 9.17) is 4.74 Å². The average Bonchev–Trinajstić information content (AvgIpc) is 2.90. The van der Waals surface area contributed by atoms with E-state index in [0.717, 1.165) is 16.7 Å². The number of phenolic OH excluding ortho intramolecular Hbond substituents is 4. The van der Waals surface area contributed by atoms with E-state index in [1.165, 1.54) is 37.4 Å². The van der Waals surface area contributed by atoms with Gasteiger partial charge in [-0.25, -0.2) is 4.79 Å². The Hall–Kier alpha value is -4.72. The van der Waals surface area contributed by atoms with Gasteiger partial charge >= 0.3 is 5.97 Å². The molecule has 1 atom stereocenters. The number of Topliss-reactive ketones (excluding diaryl/α,β-unsaturated/α-hetero) is 1. The maximum atomic E-state index is 13.3. The predicted octanol–water partition coefficient (Wildman–Crippen LogP) is 6.64. The largest absolute Gasteiger partial charge is 0.508 e. The van der Waals surface area contributed by atoms with Gasteiger partial charge in [0.05, 0.1) is 12.7 Å². The number of hydrogen-bond acceptors (Lipinski definition) is 7. The lowest BCUT2D eigenvalue weighted by Gasteiger charge is -2.23. The lowest BCUT2D eigenvalue weighted by molar-refractivity contribution is 0.0696. The van der Waals surface area contributed by atoms with Gasteiger partial charge in [0.2, 0.25) is 0 Å². The van der Waals surface area contributed by atoms with Gasteiger partial charge in [0, 0.05) is 29.5 Å². The lowest BCUT2D eigenvalue weighted by atomic mass is 9.83. The average molecular weight is 561 g/mol. The van der Waals surface area contributed by atoms with Crippen LogP contribution in [0.4, 0.5) is 0 Å². The van der Waals surface area contributed by atoms with Crippen molar-refractivity contribution in [2.75, 3.05) is 7.11 Å². The topological polar surface area (TPSA) is 145 Å². The number of carbonyl (C=O) groups is 2. The molecule has 1 unspecified atom stereocenters. The molecule has 0 aromatic heterocycles. The Balaban J connectivity index is 2.22. The normalized spacial score (nSPS) is 11.4. The molecule has 0 saturated carbocycles. The number of allylic oxidation sites excluding steroid dienone is 4. The van der Waals surface area contributed by atoms with Crippen molar-refractivity contribution in [1.29, 1.82) is 0 Å². The van der Waals surface area contributed by atoms with E-state index in [2.05, 4.69) is 0 Å². The maximum Gasteiger partial charge on any atom is 0.335 e. The molecule has 3 aromatic carbocycles. The number of rotatable bonds is 11. The highest BCUT2D eigenvalue weighted by atomic mass is 16.5. The van der Waals surface area contributed by atoms with Crippen molar-refractivity contribution >= 4 is 11.8 Å². The second-order valence-electron chi connectivity index (χ2n) is 10.4. The number of methoxy groups -OCH3 is 1. The first-order valence-corrected chi connectivity index (χ1v) is 13.1. The summed E-state index contributed by atoms with van der Waals surface area (Å²) in [6.07, 6.45) is 4.13. The van der Waals surface area contributed by atoms with Crippen molar-refractivity contribution in [2.45, 2.75) is 52.9 Å². The van der Waals surface area contributed by atoms with Crippen LogP contribution in [0.1, 0.15) is 83.0 Å². The van der Waals surface area contributed by atoms with Crippen LogP contribution < -0.4 is 4.74 Å². The van der Waals surface area contributed by atoms with Crippen LogP contribution in [-0.4, -0.2) is 44.4 Å². The number of benzene rings is 3. The fourth-order valence-electron chi connectivity index (χ4n) is 4.65. The summed E-state index contributed by atoms with van der Waals surface area (Å²) < 4.78 is 5.50. The summed E-state index contributed by atoms with van der Waals surface area (Å²) in [7, 11) is 1.34. The highest BCUT2D eigenvalue weighted by Gasteiger charge is 2.30. The Morgan fingerprint density at radius 3 is 2.12 bits per heavy atom. The first kappa shape index (κ1) is 30.8. The van der Waals surface area contributed by atoms with E-state index in [9.17, 15) is 35.1 Å². The molecule has 0 aliphatic carbocycles. The summed E-state index contributed by atoms with van der Waals surface area (Å²) in [6.45, 7) is 7.40. The van der Waals surface area contributed by atoms with Crippen molar-refractivity contribution < 1.29 is 39.9 Å². The Morgan fingerprint density at radius 1 is 0.902 bits per heavy atom. The molecule has 41 heavy (non-hydrogen) atoms. The SMILES string of the molecule is COc1cc(O)c(C(=O)CCc2ccc(O)cc2)c(O)c1C(C=C(C)C)c1cc(C(=O)O)cc(CC=C(C)C)c1O. The third-order valence-electron chi connectivity index (χ3n) is 6.70. The van der Waals surface area contributed by atoms with Gasteiger partial charge in [-0.2, -0.15) is 0 Å². The van der Waals surface area contributed by atoms with Crippen LogP contribution in [0.15, 0.2) is 65.8 Å². The zero-order valence-corrected chi connectivity index (χ0v) is 23.9. The van der Waals surface area contributed by atoms with Gasteiger partial charge in [0.15, 0.2) is 5.78 Å². The molecule has 8 heteroatoms. The number of aromatic carboxylic acids is 1. The van der Waals surface area contributed by atoms with Gasteiger partial charge in [-0.15, -0.1) is 0 Å². The third kappa shape index (κ3) is 7.28. The van der Waals surface area contributed by atoms with Crippen LogP contribution >= 0.6 is 0 Å². The Labute approximate surface area is 239 Å². The number of aromatic hydroxyl groups is 4. The summed E-state index contributed by atoms with van der Waals surface area (Å²) in [5, 5.41) is 53.0. The molecule has 0 saturated heterocycles. The van der Waals surface area contributed by atoms with Crippen LogP contribution in [0.5, 0.6) is 28.7 Å². The van der Waals surface area contributed by atoms with Crippen LogP contribution in [0, 0.1) is 0 Å². The van der Waals surface area contributed by atoms with Gasteiger partial charge in [-0.1, -0.05) is 35.4 Å². The van der Waals surface area contributed by atoms with E-state index in [-0.39, 0.29) is 52.3 Å². The number of phenols is 4. The standard InChI is InChI=1S/C33H36O8/c1-18(2)6-10-21-15-22(33(39)40)16-25(31(21)37)24(14-19(3)4)29-28(41-5)17-27(36)30(32(29)38)26(35)13-9-20-7-11-23(34)12-8-20/h6-8,11-12,14-17,24,34,36-38H,9-10,13H2,1-5H3,(H,39,40). The molecule has 0 radical (unpaired) electrons. The molecular weight excluding hydrogens is 524 g/mol. The smallest absolute Gasteiger partial charge is 0.335 e. The fourth-order valence-corrected chi connectivity index (χ4v) is 4.65. The molecule has 216 valence electrons. The molecular formula is C33H36O8. The quantitative estimate of drug-likeness (QED) is 0.130. The Kier molecular flexibility index (Phi) is 9.84. The van der Waals surface area contributed by atoms with E-state index in [0.29, 0.717) is 12.0 Å². The third-order valence-corrected chi connectivity index (χ3v) is 6.70. The monoisotopic (exact) mass is 560 g/mol. The number of carboxylic acids is 1. The molecule has 0 amide bonds. The Morgan fingerprint density at radius 2 is 1.56 bits per heavy atom. The van der Waals surface area contributed by atoms with E-state index < -0.39 is 29.2 Å². The molecule has 0 aliphatic heterocycles. The summed E-state index contributed by atoms with van der Waals surface area (Å²) in [4.78, 5) is 25.4. The molecule has 0 fully saturated rings. The first-order valence-electron chi connectivity index (χ1n) is 13.1. The van der Waals surface area contributed by atoms with Crippen molar-refractivity contribution in [3.63, 3.8) is 0 Å². The van der Waals surface area contributed by atoms with Gasteiger partial charge in [0.1, 0.15) is 34.3 Å². The molecule has 0 aliphatic rings. The van der Waals surface area contributed by atoms with Crippen molar-refractivity contribution in [3.8, 4) is 28.7 Å².